The number of rotatable bonds is 1. The summed E-state index contributed by atoms with van der Waals surface area (Å²) in [4.78, 5) is 27.5. The second-order valence-corrected chi connectivity index (χ2v) is 9.60. The highest BCUT2D eigenvalue weighted by atomic mass is 79.9. The molecule has 1 aliphatic carbocycles. The van der Waals surface area contributed by atoms with E-state index in [1.54, 1.807) is 17.0 Å². The van der Waals surface area contributed by atoms with E-state index in [1.807, 2.05) is 57.2 Å². The summed E-state index contributed by atoms with van der Waals surface area (Å²) in [6.45, 7) is 5.44. The van der Waals surface area contributed by atoms with Gasteiger partial charge in [0.2, 0.25) is 0 Å². The number of para-hydroxylation sites is 1. The molecule has 0 unspecified atom stereocenters. The smallest absolute Gasteiger partial charge is 0.415 e. The number of hydrogen-bond acceptors (Lipinski definition) is 4. The van der Waals surface area contributed by atoms with Crippen molar-refractivity contribution < 1.29 is 19.4 Å². The Kier molecular flexibility index (Phi) is 4.63. The SMILES string of the molecule is CC(C)(C)OC(=O)N1c2ccccc2[C@@]2(O)CC(=O)CC[C@@]12c1ccccc1Br. The molecular formula is C23H24BrNO4. The minimum Gasteiger partial charge on any atom is -0.443 e. The van der Waals surface area contributed by atoms with Crippen molar-refractivity contribution in [1.29, 1.82) is 0 Å². The van der Waals surface area contributed by atoms with Gasteiger partial charge in [-0.2, -0.15) is 0 Å². The first kappa shape index (κ1) is 20.1. The number of amides is 1. The highest BCUT2D eigenvalue weighted by molar-refractivity contribution is 9.10. The highest BCUT2D eigenvalue weighted by Crippen LogP contribution is 2.62. The molecule has 2 aliphatic rings. The molecule has 0 radical (unpaired) electrons. The number of ketones is 1. The van der Waals surface area contributed by atoms with E-state index in [9.17, 15) is 14.7 Å². The van der Waals surface area contributed by atoms with Gasteiger partial charge in [0, 0.05) is 22.9 Å². The Morgan fingerprint density at radius 1 is 1.10 bits per heavy atom. The van der Waals surface area contributed by atoms with E-state index in [4.69, 9.17) is 4.74 Å². The lowest BCUT2D eigenvalue weighted by Crippen LogP contribution is -2.61. The lowest BCUT2D eigenvalue weighted by Gasteiger charge is -2.50. The second-order valence-electron chi connectivity index (χ2n) is 8.75. The maximum atomic E-state index is 13.5. The van der Waals surface area contributed by atoms with E-state index in [-0.39, 0.29) is 18.6 Å². The number of halogens is 1. The summed E-state index contributed by atoms with van der Waals surface area (Å²) in [6, 6.07) is 14.8. The number of anilines is 1. The standard InChI is InChI=1S/C23H24BrNO4/c1-21(2,3)29-20(27)25-19-11-7-5-9-17(19)23(28)14-15(26)12-13-22(23,25)16-8-4-6-10-18(16)24/h4-11,28H,12-14H2,1-3H3/t22-,23-/m0/s1. The van der Waals surface area contributed by atoms with E-state index < -0.39 is 22.8 Å². The van der Waals surface area contributed by atoms with Gasteiger partial charge in [-0.25, -0.2) is 4.79 Å². The largest absolute Gasteiger partial charge is 0.443 e. The lowest BCUT2D eigenvalue weighted by molar-refractivity contribution is -0.136. The average Bonchev–Trinajstić information content (AvgIpc) is 2.86. The Bertz CT molecular complexity index is 998. The Morgan fingerprint density at radius 2 is 1.72 bits per heavy atom. The first-order chi connectivity index (χ1) is 13.6. The molecule has 6 heteroatoms. The van der Waals surface area contributed by atoms with Gasteiger partial charge in [-0.1, -0.05) is 52.3 Å². The molecule has 0 spiro atoms. The van der Waals surface area contributed by atoms with Crippen LogP contribution in [0.4, 0.5) is 10.5 Å². The maximum absolute atomic E-state index is 13.5. The number of ether oxygens (including phenoxy) is 1. The van der Waals surface area contributed by atoms with Gasteiger partial charge in [0.15, 0.2) is 0 Å². The van der Waals surface area contributed by atoms with Crippen LogP contribution in [-0.2, 0) is 20.7 Å². The Morgan fingerprint density at radius 3 is 2.38 bits per heavy atom. The van der Waals surface area contributed by atoms with Crippen LogP contribution in [0.5, 0.6) is 0 Å². The van der Waals surface area contributed by atoms with E-state index in [1.165, 1.54) is 0 Å². The van der Waals surface area contributed by atoms with Crippen LogP contribution < -0.4 is 4.90 Å². The second kappa shape index (κ2) is 6.67. The van der Waals surface area contributed by atoms with Crippen molar-refractivity contribution in [2.24, 2.45) is 0 Å². The highest BCUT2D eigenvalue weighted by Gasteiger charge is 2.67. The van der Waals surface area contributed by atoms with Crippen LogP contribution in [0.1, 0.15) is 51.2 Å². The summed E-state index contributed by atoms with van der Waals surface area (Å²) in [7, 11) is 0. The van der Waals surface area contributed by atoms with Crippen LogP contribution in [0.15, 0.2) is 53.0 Å². The van der Waals surface area contributed by atoms with Gasteiger partial charge in [-0.15, -0.1) is 0 Å². The number of fused-ring (bicyclic) bond motifs is 3. The van der Waals surface area contributed by atoms with Gasteiger partial charge >= 0.3 is 6.09 Å². The fourth-order valence-electron chi connectivity index (χ4n) is 4.72. The third kappa shape index (κ3) is 2.92. The van der Waals surface area contributed by atoms with E-state index in [0.29, 0.717) is 17.7 Å². The molecule has 1 N–H and O–H groups in total. The van der Waals surface area contributed by atoms with Crippen molar-refractivity contribution in [2.75, 3.05) is 4.90 Å². The summed E-state index contributed by atoms with van der Waals surface area (Å²) in [6.07, 6.45) is -0.00791. The van der Waals surface area contributed by atoms with Crippen molar-refractivity contribution in [1.82, 2.24) is 0 Å². The van der Waals surface area contributed by atoms with Gasteiger partial charge in [-0.3, -0.25) is 9.69 Å². The monoisotopic (exact) mass is 457 g/mol. The molecule has 2 atom stereocenters. The van der Waals surface area contributed by atoms with Gasteiger partial charge < -0.3 is 9.84 Å². The molecule has 0 aromatic heterocycles. The summed E-state index contributed by atoms with van der Waals surface area (Å²) >= 11 is 3.61. The molecule has 5 nitrogen and oxygen atoms in total. The van der Waals surface area contributed by atoms with E-state index >= 15 is 0 Å². The Labute approximate surface area is 178 Å². The lowest BCUT2D eigenvalue weighted by atomic mass is 9.64. The van der Waals surface area contributed by atoms with Gasteiger partial charge in [0.25, 0.3) is 0 Å². The number of benzene rings is 2. The van der Waals surface area contributed by atoms with E-state index in [2.05, 4.69) is 15.9 Å². The maximum Gasteiger partial charge on any atom is 0.415 e. The van der Waals surface area contributed by atoms with Crippen LogP contribution in [0.25, 0.3) is 0 Å². The number of carbonyl (C=O) groups is 2. The molecule has 152 valence electrons. The van der Waals surface area contributed by atoms with Crippen LogP contribution in [0, 0.1) is 0 Å². The normalized spacial score (nSPS) is 26.1. The van der Waals surface area contributed by atoms with Crippen LogP contribution in [0.3, 0.4) is 0 Å². The van der Waals surface area contributed by atoms with Gasteiger partial charge in [-0.05, 0) is 44.9 Å². The minimum atomic E-state index is -1.54. The molecule has 0 saturated heterocycles. The van der Waals surface area contributed by atoms with Crippen molar-refractivity contribution in [3.05, 3.63) is 64.1 Å². The van der Waals surface area contributed by atoms with Gasteiger partial charge in [0.05, 0.1) is 5.69 Å². The predicted molar refractivity (Wildman–Crippen MR) is 114 cm³/mol. The zero-order chi connectivity index (χ0) is 21.0. The van der Waals surface area contributed by atoms with Crippen LogP contribution >= 0.6 is 15.9 Å². The zero-order valence-corrected chi connectivity index (χ0v) is 18.3. The first-order valence-corrected chi connectivity index (χ1v) is 10.5. The molecule has 2 aromatic rings. The summed E-state index contributed by atoms with van der Waals surface area (Å²) in [5.74, 6) is -0.0176. The Balaban J connectivity index is 2.03. The van der Waals surface area contributed by atoms with Crippen molar-refractivity contribution in [2.45, 2.75) is 56.8 Å². The Hall–Kier alpha value is -2.18. The number of carbonyl (C=O) groups excluding carboxylic acids is 2. The van der Waals surface area contributed by atoms with Crippen molar-refractivity contribution in [3.63, 3.8) is 0 Å². The fourth-order valence-corrected chi connectivity index (χ4v) is 5.33. The summed E-state index contributed by atoms with van der Waals surface area (Å²) < 4.78 is 6.53. The molecule has 1 fully saturated rings. The minimum absolute atomic E-state index is 0.0176. The van der Waals surface area contributed by atoms with Crippen LogP contribution in [-0.4, -0.2) is 22.6 Å². The molecule has 1 aliphatic heterocycles. The molecule has 4 rings (SSSR count). The number of nitrogens with zero attached hydrogens (tertiary/aromatic N) is 1. The topological polar surface area (TPSA) is 66.8 Å². The van der Waals surface area contributed by atoms with Crippen molar-refractivity contribution in [3.8, 4) is 0 Å². The number of aliphatic hydroxyl groups is 1. The van der Waals surface area contributed by atoms with Crippen molar-refractivity contribution >= 4 is 33.5 Å². The molecular weight excluding hydrogens is 434 g/mol. The number of hydrogen-bond donors (Lipinski definition) is 1. The third-order valence-corrected chi connectivity index (χ3v) is 6.46. The molecule has 1 heterocycles. The van der Waals surface area contributed by atoms with Gasteiger partial charge in [0.1, 0.15) is 22.5 Å². The molecule has 1 saturated carbocycles. The average molecular weight is 458 g/mol. The number of Topliss-reactive ketones (excluding diaryl/α,β-unsaturated/α-hetero) is 1. The first-order valence-electron chi connectivity index (χ1n) is 9.72. The fraction of sp³-hybridized carbons (Fsp3) is 0.391. The zero-order valence-electron chi connectivity index (χ0n) is 16.7. The third-order valence-electron chi connectivity index (χ3n) is 5.77. The molecule has 1 amide bonds. The molecule has 2 aromatic carbocycles. The van der Waals surface area contributed by atoms with E-state index in [0.717, 1.165) is 10.0 Å². The quantitative estimate of drug-likeness (QED) is 0.650. The summed E-state index contributed by atoms with van der Waals surface area (Å²) in [5.41, 5.74) is -1.47. The predicted octanol–water partition coefficient (Wildman–Crippen LogP) is 5.04. The van der Waals surface area contributed by atoms with Crippen LogP contribution in [0.2, 0.25) is 0 Å². The molecule has 0 bridgehead atoms. The molecule has 29 heavy (non-hydrogen) atoms. The summed E-state index contributed by atoms with van der Waals surface area (Å²) in [5, 5.41) is 12.1.